The third kappa shape index (κ3) is 6.37. The summed E-state index contributed by atoms with van der Waals surface area (Å²) in [6.07, 6.45) is 6.36. The van der Waals surface area contributed by atoms with E-state index in [1.54, 1.807) is 11.1 Å². The molecule has 1 aliphatic rings. The number of benzene rings is 1. The molecule has 6 nitrogen and oxygen atoms in total. The van der Waals surface area contributed by atoms with Gasteiger partial charge in [0, 0.05) is 56.4 Å². The van der Waals surface area contributed by atoms with Crippen LogP contribution in [0.2, 0.25) is 0 Å². The van der Waals surface area contributed by atoms with Crippen LogP contribution < -0.4 is 4.74 Å². The first kappa shape index (κ1) is 22.0. The van der Waals surface area contributed by atoms with E-state index in [4.69, 9.17) is 4.74 Å². The van der Waals surface area contributed by atoms with Crippen LogP contribution in [0, 0.1) is 6.92 Å². The van der Waals surface area contributed by atoms with Gasteiger partial charge in [0.2, 0.25) is 0 Å². The van der Waals surface area contributed by atoms with Gasteiger partial charge in [-0.2, -0.15) is 0 Å². The van der Waals surface area contributed by atoms with Crippen molar-refractivity contribution in [3.63, 3.8) is 0 Å². The van der Waals surface area contributed by atoms with E-state index in [1.807, 2.05) is 61.7 Å². The Morgan fingerprint density at radius 2 is 1.78 bits per heavy atom. The van der Waals surface area contributed by atoms with Crippen molar-refractivity contribution in [2.45, 2.75) is 26.2 Å². The second-order valence-corrected chi connectivity index (χ2v) is 8.25. The van der Waals surface area contributed by atoms with Crippen molar-refractivity contribution in [3.8, 4) is 5.75 Å². The van der Waals surface area contributed by atoms with Crippen LogP contribution in [0.15, 0.2) is 67.0 Å². The molecule has 0 atom stereocenters. The van der Waals surface area contributed by atoms with E-state index in [-0.39, 0.29) is 6.09 Å². The van der Waals surface area contributed by atoms with E-state index in [0.717, 1.165) is 55.8 Å². The lowest BCUT2D eigenvalue weighted by molar-refractivity contribution is 0.110. The van der Waals surface area contributed by atoms with Gasteiger partial charge >= 0.3 is 6.09 Å². The van der Waals surface area contributed by atoms with Gasteiger partial charge in [-0.15, -0.1) is 0 Å². The molecule has 0 saturated carbocycles. The summed E-state index contributed by atoms with van der Waals surface area (Å²) in [5, 5.41) is 0. The summed E-state index contributed by atoms with van der Waals surface area (Å²) >= 11 is 0. The van der Waals surface area contributed by atoms with Crippen LogP contribution >= 0.6 is 0 Å². The number of rotatable bonds is 7. The van der Waals surface area contributed by atoms with Crippen LogP contribution in [0.25, 0.3) is 0 Å². The Hall–Kier alpha value is -3.25. The van der Waals surface area contributed by atoms with Gasteiger partial charge in [-0.05, 0) is 67.8 Å². The van der Waals surface area contributed by atoms with Crippen molar-refractivity contribution in [2.75, 3.05) is 32.7 Å². The van der Waals surface area contributed by atoms with Crippen LogP contribution in [0.5, 0.6) is 5.75 Å². The zero-order valence-electron chi connectivity index (χ0n) is 18.6. The first-order valence-electron chi connectivity index (χ1n) is 11.3. The monoisotopic (exact) mass is 430 g/mol. The van der Waals surface area contributed by atoms with Crippen molar-refractivity contribution < 1.29 is 9.53 Å². The second-order valence-electron chi connectivity index (χ2n) is 8.25. The number of piperazine rings is 1. The van der Waals surface area contributed by atoms with Gasteiger partial charge in [-0.3, -0.25) is 14.9 Å². The molecule has 3 heterocycles. The van der Waals surface area contributed by atoms with E-state index >= 15 is 0 Å². The Balaban J connectivity index is 1.19. The van der Waals surface area contributed by atoms with E-state index < -0.39 is 0 Å². The number of nitrogens with zero attached hydrogens (tertiary/aromatic N) is 4. The smallest absolute Gasteiger partial charge is 0.410 e. The minimum absolute atomic E-state index is 0.270. The summed E-state index contributed by atoms with van der Waals surface area (Å²) in [5.41, 5.74) is 4.47. The summed E-state index contributed by atoms with van der Waals surface area (Å²) in [6, 6.07) is 17.8. The molecule has 1 aromatic carbocycles. The first-order valence-corrected chi connectivity index (χ1v) is 11.3. The van der Waals surface area contributed by atoms with E-state index in [2.05, 4.69) is 20.9 Å². The van der Waals surface area contributed by atoms with Crippen molar-refractivity contribution in [1.29, 1.82) is 0 Å². The number of ether oxygens (including phenoxy) is 1. The third-order valence-electron chi connectivity index (χ3n) is 5.75. The molecule has 0 radical (unpaired) electrons. The highest BCUT2D eigenvalue weighted by atomic mass is 16.6. The molecule has 1 amide bonds. The van der Waals surface area contributed by atoms with Crippen molar-refractivity contribution in [1.82, 2.24) is 19.8 Å². The van der Waals surface area contributed by atoms with Crippen LogP contribution in [-0.2, 0) is 12.8 Å². The minimum atomic E-state index is -0.270. The molecule has 1 saturated heterocycles. The third-order valence-corrected chi connectivity index (χ3v) is 5.75. The molecule has 2 aromatic heterocycles. The lowest BCUT2D eigenvalue weighted by Crippen LogP contribution is -2.49. The Morgan fingerprint density at radius 3 is 2.50 bits per heavy atom. The molecule has 0 bridgehead atoms. The van der Waals surface area contributed by atoms with Crippen molar-refractivity contribution >= 4 is 6.09 Å². The molecular weight excluding hydrogens is 400 g/mol. The second kappa shape index (κ2) is 10.9. The molecule has 3 aromatic rings. The molecule has 0 aliphatic carbocycles. The quantitative estimate of drug-likeness (QED) is 0.564. The van der Waals surface area contributed by atoms with E-state index in [9.17, 15) is 4.79 Å². The number of pyridine rings is 2. The fourth-order valence-corrected chi connectivity index (χ4v) is 3.95. The van der Waals surface area contributed by atoms with Gasteiger partial charge in [0.25, 0.3) is 0 Å². The number of hydrogen-bond donors (Lipinski definition) is 0. The molecule has 32 heavy (non-hydrogen) atoms. The van der Waals surface area contributed by atoms with Gasteiger partial charge in [-0.25, -0.2) is 4.79 Å². The molecule has 6 heteroatoms. The number of hydrogen-bond acceptors (Lipinski definition) is 5. The number of carbonyl (C=O) groups excluding carboxylic acids is 1. The van der Waals surface area contributed by atoms with E-state index in [1.165, 1.54) is 5.56 Å². The molecule has 0 spiro atoms. The highest BCUT2D eigenvalue weighted by Gasteiger charge is 2.22. The maximum absolute atomic E-state index is 12.6. The normalized spacial score (nSPS) is 14.3. The maximum Gasteiger partial charge on any atom is 0.415 e. The Bertz CT molecular complexity index is 1000. The Morgan fingerprint density at radius 1 is 0.969 bits per heavy atom. The van der Waals surface area contributed by atoms with Gasteiger partial charge in [-0.1, -0.05) is 24.3 Å². The van der Waals surface area contributed by atoms with Crippen LogP contribution in [0.1, 0.15) is 28.9 Å². The van der Waals surface area contributed by atoms with E-state index in [0.29, 0.717) is 18.8 Å². The highest BCUT2D eigenvalue weighted by molar-refractivity contribution is 5.70. The van der Waals surface area contributed by atoms with Gasteiger partial charge in [0.1, 0.15) is 5.75 Å². The Kier molecular flexibility index (Phi) is 7.46. The SMILES string of the molecule is Cc1cccc(Cc2ccc(OC(=O)N3CCN(CCCc4cccnc4)CC3)cc2)n1. The summed E-state index contributed by atoms with van der Waals surface area (Å²) in [5.74, 6) is 0.579. The van der Waals surface area contributed by atoms with Crippen molar-refractivity contribution in [3.05, 3.63) is 89.5 Å². The molecule has 0 unspecified atom stereocenters. The predicted molar refractivity (Wildman–Crippen MR) is 125 cm³/mol. The number of carbonyl (C=O) groups is 1. The molecule has 1 fully saturated rings. The highest BCUT2D eigenvalue weighted by Crippen LogP contribution is 2.16. The van der Waals surface area contributed by atoms with Gasteiger partial charge in [0.15, 0.2) is 0 Å². The summed E-state index contributed by atoms with van der Waals surface area (Å²) < 4.78 is 5.60. The summed E-state index contributed by atoms with van der Waals surface area (Å²) in [4.78, 5) is 25.5. The molecule has 1 aliphatic heterocycles. The Labute approximate surface area is 189 Å². The predicted octanol–water partition coefficient (Wildman–Crippen LogP) is 4.13. The maximum atomic E-state index is 12.6. The average molecular weight is 431 g/mol. The number of aromatic nitrogens is 2. The lowest BCUT2D eigenvalue weighted by atomic mass is 10.1. The fourth-order valence-electron chi connectivity index (χ4n) is 3.95. The standard InChI is InChI=1S/C26H30N4O2/c1-21-5-2-8-24(28-21)19-22-9-11-25(12-10-22)32-26(31)30-17-15-29(16-18-30)14-4-7-23-6-3-13-27-20-23/h2-3,5-6,8-13,20H,4,7,14-19H2,1H3. The molecule has 0 N–H and O–H groups in total. The fraction of sp³-hybridized carbons (Fsp3) is 0.346. The lowest BCUT2D eigenvalue weighted by Gasteiger charge is -2.34. The molecule has 4 rings (SSSR count). The largest absolute Gasteiger partial charge is 0.415 e. The molecule has 166 valence electrons. The zero-order chi connectivity index (χ0) is 22.2. The average Bonchev–Trinajstić information content (AvgIpc) is 2.81. The van der Waals surface area contributed by atoms with Gasteiger partial charge < -0.3 is 9.64 Å². The van der Waals surface area contributed by atoms with Crippen LogP contribution in [-0.4, -0.2) is 58.6 Å². The number of aryl methyl sites for hydroxylation is 2. The van der Waals surface area contributed by atoms with Gasteiger partial charge in [0.05, 0.1) is 0 Å². The zero-order valence-corrected chi connectivity index (χ0v) is 18.6. The van der Waals surface area contributed by atoms with Crippen LogP contribution in [0.3, 0.4) is 0 Å². The first-order chi connectivity index (χ1) is 15.7. The number of amides is 1. The van der Waals surface area contributed by atoms with Crippen molar-refractivity contribution in [2.24, 2.45) is 0 Å². The van der Waals surface area contributed by atoms with Crippen LogP contribution in [0.4, 0.5) is 4.79 Å². The summed E-state index contributed by atoms with van der Waals surface area (Å²) in [6.45, 7) is 6.18. The molecular formula is C26H30N4O2. The summed E-state index contributed by atoms with van der Waals surface area (Å²) in [7, 11) is 0. The minimum Gasteiger partial charge on any atom is -0.410 e. The topological polar surface area (TPSA) is 58.6 Å².